The summed E-state index contributed by atoms with van der Waals surface area (Å²) >= 11 is 3.25. The summed E-state index contributed by atoms with van der Waals surface area (Å²) in [7, 11) is 0. The van der Waals surface area contributed by atoms with E-state index in [1.807, 2.05) is 0 Å². The molecule has 1 aromatic carbocycles. The van der Waals surface area contributed by atoms with Crippen molar-refractivity contribution in [2.45, 2.75) is 19.4 Å². The van der Waals surface area contributed by atoms with Crippen LogP contribution in [0.4, 0.5) is 4.39 Å². The molecular formula is C13H14BrFN2O2. The van der Waals surface area contributed by atoms with E-state index < -0.39 is 5.82 Å². The minimum Gasteiger partial charge on any atom is -0.352 e. The van der Waals surface area contributed by atoms with Gasteiger partial charge < -0.3 is 10.2 Å². The molecule has 0 aromatic heterocycles. The van der Waals surface area contributed by atoms with Gasteiger partial charge in [0, 0.05) is 30.5 Å². The summed E-state index contributed by atoms with van der Waals surface area (Å²) < 4.78 is 13.8. The van der Waals surface area contributed by atoms with Gasteiger partial charge in [-0.05, 0) is 40.5 Å². The number of nitrogens with zero attached hydrogens (tertiary/aromatic N) is 1. The highest BCUT2D eigenvalue weighted by Gasteiger charge is 2.28. The van der Waals surface area contributed by atoms with Gasteiger partial charge >= 0.3 is 0 Å². The molecule has 1 atom stereocenters. The molecule has 4 nitrogen and oxygen atoms in total. The monoisotopic (exact) mass is 328 g/mol. The fourth-order valence-electron chi connectivity index (χ4n) is 2.18. The van der Waals surface area contributed by atoms with Crippen LogP contribution in [0.15, 0.2) is 22.7 Å². The average Bonchev–Trinajstić information content (AvgIpc) is 2.79. The molecule has 1 N–H and O–H groups in total. The second kappa shape index (κ2) is 5.69. The van der Waals surface area contributed by atoms with Crippen molar-refractivity contribution in [3.8, 4) is 0 Å². The lowest BCUT2D eigenvalue weighted by atomic mass is 10.2. The topological polar surface area (TPSA) is 49.4 Å². The zero-order valence-corrected chi connectivity index (χ0v) is 12.0. The first kappa shape index (κ1) is 14.0. The van der Waals surface area contributed by atoms with Gasteiger partial charge in [0.25, 0.3) is 5.91 Å². The third-order valence-corrected chi connectivity index (χ3v) is 3.73. The van der Waals surface area contributed by atoms with Crippen LogP contribution in [0.25, 0.3) is 0 Å². The molecule has 1 fully saturated rings. The Kier molecular flexibility index (Phi) is 4.19. The first-order valence-electron chi connectivity index (χ1n) is 5.99. The predicted octanol–water partition coefficient (Wildman–Crippen LogP) is 1.94. The van der Waals surface area contributed by atoms with Crippen LogP contribution < -0.4 is 5.32 Å². The van der Waals surface area contributed by atoms with Crippen molar-refractivity contribution in [3.05, 3.63) is 34.1 Å². The van der Waals surface area contributed by atoms with Crippen LogP contribution in [-0.4, -0.2) is 35.8 Å². The highest BCUT2D eigenvalue weighted by Crippen LogP contribution is 2.21. The smallest absolute Gasteiger partial charge is 0.255 e. The van der Waals surface area contributed by atoms with Gasteiger partial charge in [0.1, 0.15) is 5.82 Å². The quantitative estimate of drug-likeness (QED) is 0.901. The summed E-state index contributed by atoms with van der Waals surface area (Å²) in [6, 6.07) is 4.02. The molecule has 102 valence electrons. The van der Waals surface area contributed by atoms with Crippen LogP contribution in [0.2, 0.25) is 0 Å². The molecule has 1 saturated heterocycles. The first-order chi connectivity index (χ1) is 8.97. The van der Waals surface area contributed by atoms with Crippen LogP contribution in [0.1, 0.15) is 23.7 Å². The van der Waals surface area contributed by atoms with Crippen molar-refractivity contribution in [2.75, 3.05) is 13.1 Å². The van der Waals surface area contributed by atoms with Crippen molar-refractivity contribution >= 4 is 27.7 Å². The molecule has 0 spiro atoms. The Bertz CT molecular complexity index is 521. The fraction of sp³-hybridized carbons (Fsp3) is 0.385. The Morgan fingerprint density at radius 2 is 2.21 bits per heavy atom. The SMILES string of the molecule is CC(=O)NC1CCN(C(=O)c2cc(F)ccc2Br)C1. The lowest BCUT2D eigenvalue weighted by molar-refractivity contribution is -0.119. The molecule has 19 heavy (non-hydrogen) atoms. The molecule has 1 aliphatic rings. The first-order valence-corrected chi connectivity index (χ1v) is 6.78. The van der Waals surface area contributed by atoms with Crippen LogP contribution >= 0.6 is 15.9 Å². The summed E-state index contributed by atoms with van der Waals surface area (Å²) in [4.78, 5) is 24.9. The van der Waals surface area contributed by atoms with Crippen molar-refractivity contribution < 1.29 is 14.0 Å². The second-order valence-corrected chi connectivity index (χ2v) is 5.42. The standard InChI is InChI=1S/C13H14BrFN2O2/c1-8(18)16-10-4-5-17(7-10)13(19)11-6-9(15)2-3-12(11)14/h2-3,6,10H,4-5,7H2,1H3,(H,16,18). The molecule has 1 heterocycles. The van der Waals surface area contributed by atoms with E-state index in [4.69, 9.17) is 0 Å². The normalized spacial score (nSPS) is 18.5. The molecule has 0 saturated carbocycles. The van der Waals surface area contributed by atoms with Crippen molar-refractivity contribution in [1.29, 1.82) is 0 Å². The van der Waals surface area contributed by atoms with E-state index in [0.717, 1.165) is 6.42 Å². The van der Waals surface area contributed by atoms with E-state index in [-0.39, 0.29) is 17.9 Å². The zero-order chi connectivity index (χ0) is 14.0. The van der Waals surface area contributed by atoms with Crippen LogP contribution in [-0.2, 0) is 4.79 Å². The Labute approximate surface area is 119 Å². The number of likely N-dealkylation sites (tertiary alicyclic amines) is 1. The summed E-state index contributed by atoms with van der Waals surface area (Å²) in [5.41, 5.74) is 0.309. The Morgan fingerprint density at radius 3 is 2.89 bits per heavy atom. The van der Waals surface area contributed by atoms with Crippen LogP contribution in [0.3, 0.4) is 0 Å². The Hall–Kier alpha value is -1.43. The van der Waals surface area contributed by atoms with Crippen molar-refractivity contribution in [1.82, 2.24) is 10.2 Å². The Balaban J connectivity index is 2.09. The van der Waals surface area contributed by atoms with E-state index in [2.05, 4.69) is 21.2 Å². The second-order valence-electron chi connectivity index (χ2n) is 4.56. The van der Waals surface area contributed by atoms with E-state index in [1.54, 1.807) is 4.90 Å². The molecule has 1 aromatic rings. The number of halogens is 2. The van der Waals surface area contributed by atoms with Gasteiger partial charge in [-0.25, -0.2) is 4.39 Å². The number of amides is 2. The maximum absolute atomic E-state index is 13.2. The largest absolute Gasteiger partial charge is 0.352 e. The number of carbonyl (C=O) groups is 2. The predicted molar refractivity (Wildman–Crippen MR) is 72.2 cm³/mol. The molecule has 1 unspecified atom stereocenters. The summed E-state index contributed by atoms with van der Waals surface area (Å²) in [6.07, 6.45) is 0.720. The van der Waals surface area contributed by atoms with Crippen LogP contribution in [0.5, 0.6) is 0 Å². The number of hydrogen-bond acceptors (Lipinski definition) is 2. The minimum atomic E-state index is -0.441. The molecular weight excluding hydrogens is 315 g/mol. The zero-order valence-electron chi connectivity index (χ0n) is 10.5. The molecule has 2 amide bonds. The van der Waals surface area contributed by atoms with Gasteiger partial charge in [-0.15, -0.1) is 0 Å². The number of nitrogens with one attached hydrogen (secondary N) is 1. The third kappa shape index (κ3) is 3.32. The Morgan fingerprint density at radius 1 is 1.47 bits per heavy atom. The van der Waals surface area contributed by atoms with Gasteiger partial charge in [0.05, 0.1) is 5.56 Å². The third-order valence-electron chi connectivity index (χ3n) is 3.04. The fourth-order valence-corrected chi connectivity index (χ4v) is 2.60. The van der Waals surface area contributed by atoms with Gasteiger partial charge in [-0.3, -0.25) is 9.59 Å². The summed E-state index contributed by atoms with van der Waals surface area (Å²) in [6.45, 7) is 2.47. The van der Waals surface area contributed by atoms with Crippen molar-refractivity contribution in [3.63, 3.8) is 0 Å². The number of rotatable bonds is 2. The average molecular weight is 329 g/mol. The van der Waals surface area contributed by atoms with Crippen molar-refractivity contribution in [2.24, 2.45) is 0 Å². The molecule has 2 rings (SSSR count). The maximum Gasteiger partial charge on any atom is 0.255 e. The van der Waals surface area contributed by atoms with Gasteiger partial charge in [-0.1, -0.05) is 0 Å². The lowest BCUT2D eigenvalue weighted by Crippen LogP contribution is -2.37. The number of carbonyl (C=O) groups excluding carboxylic acids is 2. The molecule has 1 aliphatic heterocycles. The van der Waals surface area contributed by atoms with Gasteiger partial charge in [-0.2, -0.15) is 0 Å². The van der Waals surface area contributed by atoms with E-state index in [9.17, 15) is 14.0 Å². The van der Waals surface area contributed by atoms with Gasteiger partial charge in [0.2, 0.25) is 5.91 Å². The highest BCUT2D eigenvalue weighted by atomic mass is 79.9. The maximum atomic E-state index is 13.2. The van der Waals surface area contributed by atoms with Crippen LogP contribution in [0, 0.1) is 5.82 Å². The van der Waals surface area contributed by atoms with E-state index in [0.29, 0.717) is 23.1 Å². The molecule has 0 radical (unpaired) electrons. The summed E-state index contributed by atoms with van der Waals surface area (Å²) in [5, 5.41) is 2.79. The van der Waals surface area contributed by atoms with E-state index in [1.165, 1.54) is 25.1 Å². The summed E-state index contributed by atoms with van der Waals surface area (Å²) in [5.74, 6) is -0.769. The lowest BCUT2D eigenvalue weighted by Gasteiger charge is -2.17. The molecule has 6 heteroatoms. The number of hydrogen-bond donors (Lipinski definition) is 1. The molecule has 0 aliphatic carbocycles. The molecule has 0 bridgehead atoms. The van der Waals surface area contributed by atoms with Gasteiger partial charge in [0.15, 0.2) is 0 Å². The highest BCUT2D eigenvalue weighted by molar-refractivity contribution is 9.10. The number of benzene rings is 1. The minimum absolute atomic E-state index is 0.0196. The van der Waals surface area contributed by atoms with E-state index >= 15 is 0 Å².